The van der Waals surface area contributed by atoms with Crippen LogP contribution in [0.2, 0.25) is 0 Å². The zero-order valence-corrected chi connectivity index (χ0v) is 17.7. The van der Waals surface area contributed by atoms with Crippen LogP contribution in [0.1, 0.15) is 29.7 Å². The Kier molecular flexibility index (Phi) is 5.77. The highest BCUT2D eigenvalue weighted by atomic mass is 19.1. The van der Waals surface area contributed by atoms with E-state index in [9.17, 15) is 19.1 Å². The van der Waals surface area contributed by atoms with Gasteiger partial charge in [0.1, 0.15) is 17.3 Å². The molecule has 1 heterocycles. The molecule has 1 saturated heterocycles. The molecule has 0 bridgehead atoms. The van der Waals surface area contributed by atoms with Gasteiger partial charge in [-0.25, -0.2) is 4.39 Å². The fraction of sp³-hybridized carbons (Fsp3) is 0.154. The third-order valence-corrected chi connectivity index (χ3v) is 5.34. The summed E-state index contributed by atoms with van der Waals surface area (Å²) in [5, 5.41) is 11.1. The molecule has 4 rings (SSSR count). The van der Waals surface area contributed by atoms with Crippen LogP contribution in [0.4, 0.5) is 10.1 Å². The first-order valence-electron chi connectivity index (χ1n) is 10.3. The Bertz CT molecular complexity index is 1230. The highest BCUT2D eigenvalue weighted by molar-refractivity contribution is 6.51. The fourth-order valence-corrected chi connectivity index (χ4v) is 3.92. The number of nitrogens with zero attached hydrogens (tertiary/aromatic N) is 1. The second-order valence-electron chi connectivity index (χ2n) is 7.49. The largest absolute Gasteiger partial charge is 0.507 e. The molecular formula is C26H22FNO4. The summed E-state index contributed by atoms with van der Waals surface area (Å²) in [6, 6.07) is 18.5. The highest BCUT2D eigenvalue weighted by Crippen LogP contribution is 2.43. The molecule has 0 aliphatic carbocycles. The Hall–Kier alpha value is -3.93. The topological polar surface area (TPSA) is 66.8 Å². The van der Waals surface area contributed by atoms with Crippen molar-refractivity contribution in [3.05, 3.63) is 101 Å². The molecule has 32 heavy (non-hydrogen) atoms. The number of ketones is 1. The minimum Gasteiger partial charge on any atom is -0.507 e. The smallest absolute Gasteiger partial charge is 0.300 e. The number of carbonyl (C=O) groups is 2. The Morgan fingerprint density at radius 2 is 1.78 bits per heavy atom. The first kappa shape index (κ1) is 21.3. The van der Waals surface area contributed by atoms with Gasteiger partial charge in [0, 0.05) is 16.8 Å². The van der Waals surface area contributed by atoms with Gasteiger partial charge in [0.2, 0.25) is 0 Å². The summed E-state index contributed by atoms with van der Waals surface area (Å²) in [6.07, 6.45) is 0. The van der Waals surface area contributed by atoms with E-state index < -0.39 is 23.5 Å². The van der Waals surface area contributed by atoms with Gasteiger partial charge < -0.3 is 9.84 Å². The summed E-state index contributed by atoms with van der Waals surface area (Å²) in [5.41, 5.74) is 1.58. The second-order valence-corrected chi connectivity index (χ2v) is 7.49. The molecule has 0 spiro atoms. The van der Waals surface area contributed by atoms with E-state index in [1.54, 1.807) is 48.5 Å². The minimum absolute atomic E-state index is 0.121. The van der Waals surface area contributed by atoms with Gasteiger partial charge >= 0.3 is 0 Å². The van der Waals surface area contributed by atoms with E-state index in [-0.39, 0.29) is 16.9 Å². The molecule has 6 heteroatoms. The molecule has 1 atom stereocenters. The lowest BCUT2D eigenvalue weighted by molar-refractivity contribution is -0.132. The number of halogens is 1. The maximum absolute atomic E-state index is 14.9. The summed E-state index contributed by atoms with van der Waals surface area (Å²) in [6.45, 7) is 4.12. The van der Waals surface area contributed by atoms with Crippen molar-refractivity contribution >= 4 is 23.1 Å². The van der Waals surface area contributed by atoms with Gasteiger partial charge in [0.15, 0.2) is 0 Å². The zero-order valence-electron chi connectivity index (χ0n) is 17.7. The van der Waals surface area contributed by atoms with Gasteiger partial charge in [-0.15, -0.1) is 0 Å². The summed E-state index contributed by atoms with van der Waals surface area (Å²) >= 11 is 0. The van der Waals surface area contributed by atoms with Crippen LogP contribution in [0.25, 0.3) is 5.76 Å². The van der Waals surface area contributed by atoms with Crippen LogP contribution in [0, 0.1) is 12.7 Å². The molecular weight excluding hydrogens is 409 g/mol. The standard InChI is InChI=1S/C26H22FNO4/c1-3-32-19-11-7-9-17(15-19)24(29)22-23(20-12-4-5-13-21(20)27)28(26(31)25(22)30)18-10-6-8-16(2)14-18/h4-15,23,29H,3H2,1-2H3/b24-22+. The Morgan fingerprint density at radius 3 is 2.50 bits per heavy atom. The van der Waals surface area contributed by atoms with Gasteiger partial charge in [-0.1, -0.05) is 42.5 Å². The number of ether oxygens (including phenoxy) is 1. The minimum atomic E-state index is -1.12. The van der Waals surface area contributed by atoms with Crippen LogP contribution in [0.5, 0.6) is 5.75 Å². The SMILES string of the molecule is CCOc1cccc(/C(O)=C2\C(=O)C(=O)N(c3cccc(C)c3)C2c2ccccc2F)c1. The maximum Gasteiger partial charge on any atom is 0.300 e. The van der Waals surface area contributed by atoms with E-state index in [2.05, 4.69) is 0 Å². The summed E-state index contributed by atoms with van der Waals surface area (Å²) in [5.74, 6) is -2.16. The predicted octanol–water partition coefficient (Wildman–Crippen LogP) is 5.16. The van der Waals surface area contributed by atoms with Crippen molar-refractivity contribution in [2.75, 3.05) is 11.5 Å². The lowest BCUT2D eigenvalue weighted by atomic mass is 9.94. The first-order chi connectivity index (χ1) is 15.4. The molecule has 3 aromatic rings. The number of aliphatic hydroxyl groups is 1. The van der Waals surface area contributed by atoms with Gasteiger partial charge in [-0.05, 0) is 49.7 Å². The summed E-state index contributed by atoms with van der Waals surface area (Å²) in [7, 11) is 0. The van der Waals surface area contributed by atoms with Crippen LogP contribution in [0.3, 0.4) is 0 Å². The molecule has 1 amide bonds. The van der Waals surface area contributed by atoms with Crippen molar-refractivity contribution in [1.82, 2.24) is 0 Å². The quantitative estimate of drug-likeness (QED) is 0.344. The van der Waals surface area contributed by atoms with Gasteiger partial charge in [-0.3, -0.25) is 14.5 Å². The molecule has 1 aliphatic heterocycles. The van der Waals surface area contributed by atoms with E-state index in [0.717, 1.165) is 5.56 Å². The number of rotatable bonds is 5. The molecule has 1 aliphatic rings. The highest BCUT2D eigenvalue weighted by Gasteiger charge is 2.47. The first-order valence-corrected chi connectivity index (χ1v) is 10.3. The number of aryl methyl sites for hydroxylation is 1. The van der Waals surface area contributed by atoms with Gasteiger partial charge in [0.25, 0.3) is 11.7 Å². The lowest BCUT2D eigenvalue weighted by Crippen LogP contribution is -2.29. The van der Waals surface area contributed by atoms with Crippen molar-refractivity contribution in [2.24, 2.45) is 0 Å². The molecule has 162 valence electrons. The van der Waals surface area contributed by atoms with Crippen LogP contribution >= 0.6 is 0 Å². The number of Topliss-reactive ketones (excluding diaryl/α,β-unsaturated/α-hetero) is 1. The Morgan fingerprint density at radius 1 is 1.03 bits per heavy atom. The van der Waals surface area contributed by atoms with Crippen LogP contribution < -0.4 is 9.64 Å². The van der Waals surface area contributed by atoms with E-state index in [1.807, 2.05) is 19.9 Å². The van der Waals surface area contributed by atoms with Crippen LogP contribution in [0.15, 0.2) is 78.4 Å². The molecule has 5 nitrogen and oxygen atoms in total. The second kappa shape index (κ2) is 8.67. The summed E-state index contributed by atoms with van der Waals surface area (Å²) in [4.78, 5) is 27.5. The fourth-order valence-electron chi connectivity index (χ4n) is 3.92. The predicted molar refractivity (Wildman–Crippen MR) is 120 cm³/mol. The number of hydrogen-bond acceptors (Lipinski definition) is 4. The number of hydrogen-bond donors (Lipinski definition) is 1. The molecule has 1 fully saturated rings. The number of anilines is 1. The van der Waals surface area contributed by atoms with Crippen molar-refractivity contribution in [2.45, 2.75) is 19.9 Å². The third kappa shape index (κ3) is 3.75. The molecule has 3 aromatic carbocycles. The average Bonchev–Trinajstić information content (AvgIpc) is 3.04. The van der Waals surface area contributed by atoms with E-state index in [4.69, 9.17) is 4.74 Å². The van der Waals surface area contributed by atoms with E-state index >= 15 is 0 Å². The monoisotopic (exact) mass is 431 g/mol. The average molecular weight is 431 g/mol. The molecule has 1 unspecified atom stereocenters. The molecule has 1 N–H and O–H groups in total. The Balaban J connectivity index is 1.95. The maximum atomic E-state index is 14.9. The summed E-state index contributed by atoms with van der Waals surface area (Å²) < 4.78 is 20.4. The van der Waals surface area contributed by atoms with Crippen molar-refractivity contribution in [1.29, 1.82) is 0 Å². The van der Waals surface area contributed by atoms with Crippen molar-refractivity contribution in [3.63, 3.8) is 0 Å². The number of benzene rings is 3. The Labute approximate surface area is 185 Å². The molecule has 0 saturated carbocycles. The third-order valence-electron chi connectivity index (χ3n) is 5.34. The van der Waals surface area contributed by atoms with Crippen LogP contribution in [-0.2, 0) is 9.59 Å². The number of aliphatic hydroxyl groups excluding tert-OH is 1. The zero-order chi connectivity index (χ0) is 22.8. The molecule has 0 radical (unpaired) electrons. The van der Waals surface area contributed by atoms with E-state index in [1.165, 1.54) is 23.1 Å². The van der Waals surface area contributed by atoms with Crippen molar-refractivity contribution in [3.8, 4) is 5.75 Å². The van der Waals surface area contributed by atoms with Gasteiger partial charge in [-0.2, -0.15) is 0 Å². The van der Waals surface area contributed by atoms with Crippen LogP contribution in [-0.4, -0.2) is 23.4 Å². The lowest BCUT2D eigenvalue weighted by Gasteiger charge is -2.26. The van der Waals surface area contributed by atoms with Gasteiger partial charge in [0.05, 0.1) is 18.2 Å². The normalized spacial score (nSPS) is 17.6. The molecule has 0 aromatic heterocycles. The van der Waals surface area contributed by atoms with E-state index in [0.29, 0.717) is 23.6 Å². The number of amides is 1. The number of carbonyl (C=O) groups excluding carboxylic acids is 2. The van der Waals surface area contributed by atoms with Crippen molar-refractivity contribution < 1.29 is 23.8 Å².